The lowest BCUT2D eigenvalue weighted by Gasteiger charge is -2.23. The van der Waals surface area contributed by atoms with Crippen molar-refractivity contribution in [2.24, 2.45) is 0 Å². The Morgan fingerprint density at radius 2 is 0.814 bits per heavy atom. The van der Waals surface area contributed by atoms with Crippen LogP contribution < -0.4 is 5.32 Å². The summed E-state index contributed by atoms with van der Waals surface area (Å²) in [5.41, 5.74) is -0.661. The number of nitrogens with one attached hydrogen (secondary N) is 1. The molecule has 0 spiro atoms. The maximum atomic E-state index is 12.3. The number of carbonyl (C=O) groups excluding carboxylic acids is 3. The second kappa shape index (κ2) is 29.0. The molecule has 254 valence electrons. The molecule has 0 aliphatic carbocycles. The molecule has 0 aliphatic heterocycles. The highest BCUT2D eigenvalue weighted by Gasteiger charge is 2.22. The van der Waals surface area contributed by atoms with E-state index in [1.165, 1.54) is 103 Å². The molecule has 0 heterocycles. The minimum Gasteiger partial charge on any atom is -0.463 e. The van der Waals surface area contributed by atoms with Crippen molar-refractivity contribution in [3.8, 4) is 0 Å². The summed E-state index contributed by atoms with van der Waals surface area (Å²) in [7, 11) is 0. The van der Waals surface area contributed by atoms with Crippen LogP contribution >= 0.6 is 0 Å². The lowest BCUT2D eigenvalue weighted by molar-refractivity contribution is -0.147. The summed E-state index contributed by atoms with van der Waals surface area (Å²) in [6.45, 7) is 9.72. The first kappa shape index (κ1) is 41.2. The largest absolute Gasteiger partial charge is 0.463 e. The summed E-state index contributed by atoms with van der Waals surface area (Å²) in [6.07, 6.45) is 26.9. The Hall–Kier alpha value is -1.79. The van der Waals surface area contributed by atoms with E-state index in [0.717, 1.165) is 38.5 Å². The quantitative estimate of drug-likeness (QED) is 0.0514. The molecule has 0 aromatic rings. The van der Waals surface area contributed by atoms with E-state index in [2.05, 4.69) is 19.2 Å². The summed E-state index contributed by atoms with van der Waals surface area (Å²) in [5.74, 6) is -0.585. The van der Waals surface area contributed by atoms with Crippen molar-refractivity contribution in [3.05, 3.63) is 0 Å². The van der Waals surface area contributed by atoms with E-state index in [9.17, 15) is 14.4 Å². The van der Waals surface area contributed by atoms with Crippen LogP contribution in [-0.4, -0.2) is 42.9 Å². The zero-order chi connectivity index (χ0) is 32.0. The van der Waals surface area contributed by atoms with Gasteiger partial charge in [-0.1, -0.05) is 142 Å². The van der Waals surface area contributed by atoms with Crippen molar-refractivity contribution >= 4 is 18.0 Å². The predicted octanol–water partition coefficient (Wildman–Crippen LogP) is 10.4. The molecule has 0 saturated carbocycles. The molecule has 0 aliphatic rings. The standard InChI is InChI=1S/C36H69NO6/c1-6-8-10-12-14-16-18-20-22-24-26-28-33(38)41-30-32(37-35(40)43-36(3,4)5)31-42-34(39)29-27-25-23-21-19-17-15-13-11-9-7-2/h32H,6-31H2,1-5H3,(H,37,40). The van der Waals surface area contributed by atoms with Crippen LogP contribution in [-0.2, 0) is 23.8 Å². The molecule has 1 N–H and O–H groups in total. The lowest BCUT2D eigenvalue weighted by atomic mass is 10.1. The monoisotopic (exact) mass is 612 g/mol. The topological polar surface area (TPSA) is 90.9 Å². The molecule has 0 rings (SSSR count). The van der Waals surface area contributed by atoms with Crippen LogP contribution in [0.25, 0.3) is 0 Å². The van der Waals surface area contributed by atoms with Gasteiger partial charge < -0.3 is 19.5 Å². The van der Waals surface area contributed by atoms with E-state index in [-0.39, 0.29) is 25.2 Å². The van der Waals surface area contributed by atoms with Crippen molar-refractivity contribution < 1.29 is 28.6 Å². The van der Waals surface area contributed by atoms with Crippen LogP contribution in [0, 0.1) is 0 Å². The van der Waals surface area contributed by atoms with Crippen molar-refractivity contribution in [2.75, 3.05) is 13.2 Å². The normalized spacial score (nSPS) is 11.5. The zero-order valence-electron chi connectivity index (χ0n) is 28.9. The number of rotatable bonds is 29. The molecule has 1 amide bonds. The van der Waals surface area contributed by atoms with Crippen LogP contribution in [0.2, 0.25) is 0 Å². The summed E-state index contributed by atoms with van der Waals surface area (Å²) in [4.78, 5) is 36.9. The number of alkyl carbamates (subject to hydrolysis) is 1. The zero-order valence-corrected chi connectivity index (χ0v) is 28.9. The van der Waals surface area contributed by atoms with Gasteiger partial charge in [0.15, 0.2) is 0 Å². The molecule has 7 nitrogen and oxygen atoms in total. The van der Waals surface area contributed by atoms with Gasteiger partial charge in [0.2, 0.25) is 0 Å². The van der Waals surface area contributed by atoms with Gasteiger partial charge in [0.1, 0.15) is 24.9 Å². The molecule has 0 unspecified atom stereocenters. The van der Waals surface area contributed by atoms with Crippen LogP contribution in [0.1, 0.15) is 189 Å². The van der Waals surface area contributed by atoms with Gasteiger partial charge in [0, 0.05) is 12.8 Å². The van der Waals surface area contributed by atoms with Crippen LogP contribution in [0.4, 0.5) is 4.79 Å². The summed E-state index contributed by atoms with van der Waals surface area (Å²) in [6, 6.07) is -0.655. The van der Waals surface area contributed by atoms with Crippen molar-refractivity contribution in [3.63, 3.8) is 0 Å². The van der Waals surface area contributed by atoms with Crippen molar-refractivity contribution in [1.29, 1.82) is 0 Å². The average molecular weight is 612 g/mol. The summed E-state index contributed by atoms with van der Waals surface area (Å²) < 4.78 is 16.2. The summed E-state index contributed by atoms with van der Waals surface area (Å²) >= 11 is 0. The SMILES string of the molecule is CCCCCCCCCCCCCC(=O)OCC(COC(=O)CCCCCCCCCCCCC)NC(=O)OC(C)(C)C. The van der Waals surface area contributed by atoms with E-state index < -0.39 is 17.7 Å². The molecule has 43 heavy (non-hydrogen) atoms. The fourth-order valence-corrected chi connectivity index (χ4v) is 5.00. The molecule has 7 heteroatoms. The van der Waals surface area contributed by atoms with Gasteiger partial charge in [-0.25, -0.2) is 4.79 Å². The van der Waals surface area contributed by atoms with Crippen LogP contribution in [0.5, 0.6) is 0 Å². The predicted molar refractivity (Wildman–Crippen MR) is 177 cm³/mol. The Balaban J connectivity index is 4.17. The van der Waals surface area contributed by atoms with E-state index in [0.29, 0.717) is 12.8 Å². The minimum absolute atomic E-state index is 0.0537. The highest BCUT2D eigenvalue weighted by molar-refractivity contribution is 5.71. The highest BCUT2D eigenvalue weighted by Crippen LogP contribution is 2.14. The molecule has 0 aromatic carbocycles. The molecule has 0 saturated heterocycles. The highest BCUT2D eigenvalue weighted by atomic mass is 16.6. The number of hydrogen-bond acceptors (Lipinski definition) is 6. The van der Waals surface area contributed by atoms with Gasteiger partial charge in [-0.15, -0.1) is 0 Å². The third-order valence-electron chi connectivity index (χ3n) is 7.58. The van der Waals surface area contributed by atoms with Crippen LogP contribution in [0.3, 0.4) is 0 Å². The van der Waals surface area contributed by atoms with Gasteiger partial charge in [-0.05, 0) is 33.6 Å². The van der Waals surface area contributed by atoms with E-state index in [1.54, 1.807) is 20.8 Å². The van der Waals surface area contributed by atoms with Gasteiger partial charge in [0.25, 0.3) is 0 Å². The fourth-order valence-electron chi connectivity index (χ4n) is 5.00. The number of unbranched alkanes of at least 4 members (excludes halogenated alkanes) is 20. The number of ether oxygens (including phenoxy) is 3. The van der Waals surface area contributed by atoms with Gasteiger partial charge in [-0.3, -0.25) is 9.59 Å². The molecular weight excluding hydrogens is 542 g/mol. The first-order chi connectivity index (χ1) is 20.7. The second-order valence-corrected chi connectivity index (χ2v) is 13.3. The van der Waals surface area contributed by atoms with Gasteiger partial charge in [-0.2, -0.15) is 0 Å². The first-order valence-electron chi connectivity index (χ1n) is 18.0. The van der Waals surface area contributed by atoms with Gasteiger partial charge in [0.05, 0.1) is 0 Å². The Bertz CT molecular complexity index is 633. The van der Waals surface area contributed by atoms with Gasteiger partial charge >= 0.3 is 18.0 Å². The molecular formula is C36H69NO6. The fraction of sp³-hybridized carbons (Fsp3) is 0.917. The lowest BCUT2D eigenvalue weighted by Crippen LogP contribution is -2.44. The molecule has 0 aromatic heterocycles. The first-order valence-corrected chi connectivity index (χ1v) is 18.0. The smallest absolute Gasteiger partial charge is 0.408 e. The van der Waals surface area contributed by atoms with E-state index in [4.69, 9.17) is 14.2 Å². The molecule has 0 bridgehead atoms. The summed E-state index contributed by atoms with van der Waals surface area (Å²) in [5, 5.41) is 2.69. The van der Waals surface area contributed by atoms with Crippen molar-refractivity contribution in [2.45, 2.75) is 200 Å². The Labute approximate surface area is 265 Å². The molecule has 0 atom stereocenters. The Morgan fingerprint density at radius 1 is 0.512 bits per heavy atom. The molecule has 0 fully saturated rings. The number of amides is 1. The Morgan fingerprint density at radius 3 is 1.12 bits per heavy atom. The average Bonchev–Trinajstić information content (AvgIpc) is 2.95. The number of carbonyl (C=O) groups is 3. The third kappa shape index (κ3) is 31.4. The van der Waals surface area contributed by atoms with Crippen molar-refractivity contribution in [1.82, 2.24) is 5.32 Å². The Kier molecular flexibility index (Phi) is 27.7. The number of esters is 2. The van der Waals surface area contributed by atoms with E-state index in [1.807, 2.05) is 0 Å². The second-order valence-electron chi connectivity index (χ2n) is 13.3. The third-order valence-corrected chi connectivity index (χ3v) is 7.58. The van der Waals surface area contributed by atoms with E-state index >= 15 is 0 Å². The maximum Gasteiger partial charge on any atom is 0.408 e. The maximum absolute atomic E-state index is 12.3. The molecule has 0 radical (unpaired) electrons. The minimum atomic E-state index is -0.661. The number of hydrogen-bond donors (Lipinski definition) is 1. The van der Waals surface area contributed by atoms with Crippen LogP contribution in [0.15, 0.2) is 0 Å².